The van der Waals surface area contributed by atoms with Gasteiger partial charge in [-0.15, -0.1) is 12.4 Å². The number of nitrogens with zero attached hydrogens (tertiary/aromatic N) is 2. The molecule has 1 aromatic carbocycles. The summed E-state index contributed by atoms with van der Waals surface area (Å²) in [6.07, 6.45) is 3.41. The van der Waals surface area contributed by atoms with Crippen molar-refractivity contribution in [3.63, 3.8) is 0 Å². The first-order valence-corrected chi connectivity index (χ1v) is 8.73. The summed E-state index contributed by atoms with van der Waals surface area (Å²) in [5.74, 6) is 0.643. The van der Waals surface area contributed by atoms with Crippen LogP contribution in [-0.4, -0.2) is 23.6 Å². The number of sulfonamides is 1. The Morgan fingerprint density at radius 3 is 2.75 bits per heavy atom. The van der Waals surface area contributed by atoms with Gasteiger partial charge in [0, 0.05) is 30.9 Å². The monoisotopic (exact) mass is 372 g/mol. The summed E-state index contributed by atoms with van der Waals surface area (Å²) >= 11 is 0. The molecule has 0 fully saturated rings. The molecule has 24 heavy (non-hydrogen) atoms. The number of hydrogen-bond acceptors (Lipinski definition) is 5. The topological polar surface area (TPSA) is 99.2 Å². The lowest BCUT2D eigenvalue weighted by Gasteiger charge is -2.37. The van der Waals surface area contributed by atoms with E-state index in [1.807, 2.05) is 13.8 Å². The number of nitrogens with one attached hydrogen (secondary N) is 1. The van der Waals surface area contributed by atoms with Gasteiger partial charge < -0.3 is 15.0 Å². The van der Waals surface area contributed by atoms with Gasteiger partial charge in [0.05, 0.1) is 12.4 Å². The highest BCUT2D eigenvalue weighted by Gasteiger charge is 2.36. The molecule has 0 radical (unpaired) electrons. The molecule has 0 amide bonds. The zero-order valence-corrected chi connectivity index (χ0v) is 15.3. The van der Waals surface area contributed by atoms with Crippen molar-refractivity contribution in [3.05, 3.63) is 36.3 Å². The molecule has 3 N–H and O–H groups in total. The van der Waals surface area contributed by atoms with E-state index in [4.69, 9.17) is 10.5 Å². The zero-order chi connectivity index (χ0) is 16.8. The summed E-state index contributed by atoms with van der Waals surface area (Å²) in [5, 5.41) is -0.00486. The van der Waals surface area contributed by atoms with Gasteiger partial charge in [0.2, 0.25) is 0 Å². The van der Waals surface area contributed by atoms with Gasteiger partial charge in [-0.2, -0.15) is 0 Å². The van der Waals surface area contributed by atoms with Crippen LogP contribution in [0.2, 0.25) is 0 Å². The molecular weight excluding hydrogens is 352 g/mol. The van der Waals surface area contributed by atoms with Crippen molar-refractivity contribution < 1.29 is 13.2 Å². The molecule has 9 heteroatoms. The standard InChI is InChI=1S/C15H20N4O3S.ClH/c1-15(2)7-12(11-6-10(16)4-5-13(11)22-15)18-23(20,21)14-8-19(3)9-17-14;/h4-6,8-9,12,18H,7,16H2,1-3H3;1H. The predicted molar refractivity (Wildman–Crippen MR) is 93.7 cm³/mol. The van der Waals surface area contributed by atoms with Crippen LogP contribution in [0.25, 0.3) is 0 Å². The smallest absolute Gasteiger partial charge is 0.260 e. The number of aromatic nitrogens is 2. The molecule has 1 atom stereocenters. The Labute approximate surface area is 147 Å². The van der Waals surface area contributed by atoms with Crippen LogP contribution in [0.3, 0.4) is 0 Å². The van der Waals surface area contributed by atoms with Crippen LogP contribution in [0, 0.1) is 0 Å². The van der Waals surface area contributed by atoms with E-state index in [1.54, 1.807) is 29.8 Å². The van der Waals surface area contributed by atoms with Gasteiger partial charge in [0.15, 0.2) is 5.03 Å². The van der Waals surface area contributed by atoms with Crippen molar-refractivity contribution in [1.82, 2.24) is 14.3 Å². The molecule has 2 heterocycles. The molecule has 1 unspecified atom stereocenters. The first-order valence-electron chi connectivity index (χ1n) is 7.25. The number of rotatable bonds is 3. The van der Waals surface area contributed by atoms with Crippen molar-refractivity contribution in [2.24, 2.45) is 7.05 Å². The van der Waals surface area contributed by atoms with Crippen LogP contribution in [0.5, 0.6) is 5.75 Å². The highest BCUT2D eigenvalue weighted by Crippen LogP contribution is 2.40. The van der Waals surface area contributed by atoms with Crippen LogP contribution in [0.15, 0.2) is 35.7 Å². The number of imidazole rings is 1. The summed E-state index contributed by atoms with van der Waals surface area (Å²) < 4.78 is 35.4. The van der Waals surface area contributed by atoms with Gasteiger partial charge in [-0.25, -0.2) is 18.1 Å². The lowest BCUT2D eigenvalue weighted by Crippen LogP contribution is -2.41. The SMILES string of the molecule is Cl.Cn1cnc(S(=O)(=O)NC2CC(C)(C)Oc3ccc(N)cc32)c1. The summed E-state index contributed by atoms with van der Waals surface area (Å²) in [7, 11) is -2.00. The van der Waals surface area contributed by atoms with E-state index in [-0.39, 0.29) is 17.4 Å². The third-order valence-corrected chi connectivity index (χ3v) is 5.10. The number of fused-ring (bicyclic) bond motifs is 1. The number of aryl methyl sites for hydroxylation is 1. The molecule has 2 aromatic rings. The van der Waals surface area contributed by atoms with E-state index >= 15 is 0 Å². The zero-order valence-electron chi connectivity index (χ0n) is 13.7. The molecule has 1 aromatic heterocycles. The molecule has 0 aliphatic carbocycles. The highest BCUT2D eigenvalue weighted by atomic mass is 35.5. The van der Waals surface area contributed by atoms with Gasteiger partial charge in [-0.1, -0.05) is 0 Å². The molecule has 0 bridgehead atoms. The van der Waals surface area contributed by atoms with Crippen LogP contribution < -0.4 is 15.2 Å². The maximum atomic E-state index is 12.6. The molecule has 1 aliphatic rings. The van der Waals surface area contributed by atoms with E-state index in [1.165, 1.54) is 12.5 Å². The summed E-state index contributed by atoms with van der Waals surface area (Å²) in [6.45, 7) is 3.85. The first kappa shape index (κ1) is 18.6. The molecule has 0 saturated heterocycles. The minimum Gasteiger partial charge on any atom is -0.487 e. The Balaban J connectivity index is 0.00000208. The summed E-state index contributed by atoms with van der Waals surface area (Å²) in [4.78, 5) is 3.92. The van der Waals surface area contributed by atoms with Crippen LogP contribution >= 0.6 is 12.4 Å². The lowest BCUT2D eigenvalue weighted by atomic mass is 9.90. The Morgan fingerprint density at radius 1 is 1.42 bits per heavy atom. The lowest BCUT2D eigenvalue weighted by molar-refractivity contribution is 0.0702. The quantitative estimate of drug-likeness (QED) is 0.803. The average Bonchev–Trinajstić information content (AvgIpc) is 2.86. The number of halogens is 1. The van der Waals surface area contributed by atoms with E-state index in [0.717, 1.165) is 5.56 Å². The third kappa shape index (κ3) is 3.66. The Kier molecular flexibility index (Phi) is 4.85. The van der Waals surface area contributed by atoms with E-state index in [2.05, 4.69) is 9.71 Å². The van der Waals surface area contributed by atoms with Gasteiger partial charge in [0.25, 0.3) is 10.0 Å². The second-order valence-corrected chi connectivity index (χ2v) is 8.08. The van der Waals surface area contributed by atoms with Gasteiger partial charge >= 0.3 is 0 Å². The Bertz CT molecular complexity index is 848. The molecule has 7 nitrogen and oxygen atoms in total. The molecule has 0 spiro atoms. The van der Waals surface area contributed by atoms with Crippen LogP contribution in [0.4, 0.5) is 5.69 Å². The third-order valence-electron chi connectivity index (χ3n) is 3.75. The van der Waals surface area contributed by atoms with Gasteiger partial charge in [-0.3, -0.25) is 0 Å². The normalized spacial score (nSPS) is 19.0. The molecular formula is C15H21ClN4O3S. The fourth-order valence-corrected chi connectivity index (χ4v) is 3.95. The molecule has 0 saturated carbocycles. The minimum absolute atomic E-state index is 0. The van der Waals surface area contributed by atoms with Crippen molar-refractivity contribution in [2.45, 2.75) is 36.9 Å². The number of nitrogens with two attached hydrogens (primary N) is 1. The first-order chi connectivity index (χ1) is 10.7. The largest absolute Gasteiger partial charge is 0.487 e. The second kappa shape index (κ2) is 6.27. The maximum Gasteiger partial charge on any atom is 0.260 e. The number of ether oxygens (including phenoxy) is 1. The number of hydrogen-bond donors (Lipinski definition) is 2. The highest BCUT2D eigenvalue weighted by molar-refractivity contribution is 7.89. The average molecular weight is 373 g/mol. The molecule has 3 rings (SSSR count). The summed E-state index contributed by atoms with van der Waals surface area (Å²) in [6, 6.07) is 4.83. The molecule has 1 aliphatic heterocycles. The fourth-order valence-electron chi connectivity index (χ4n) is 2.75. The van der Waals surface area contributed by atoms with E-state index < -0.39 is 21.7 Å². The van der Waals surface area contributed by atoms with Gasteiger partial charge in [0.1, 0.15) is 11.4 Å². The van der Waals surface area contributed by atoms with Crippen molar-refractivity contribution in [2.75, 3.05) is 5.73 Å². The Morgan fingerprint density at radius 2 is 2.12 bits per heavy atom. The number of nitrogen functional groups attached to an aromatic ring is 1. The van der Waals surface area contributed by atoms with Gasteiger partial charge in [-0.05, 0) is 32.0 Å². The van der Waals surface area contributed by atoms with Crippen LogP contribution in [-0.2, 0) is 17.1 Å². The fraction of sp³-hybridized carbons (Fsp3) is 0.400. The second-order valence-electron chi connectivity index (χ2n) is 6.41. The maximum absolute atomic E-state index is 12.6. The van der Waals surface area contributed by atoms with Crippen molar-refractivity contribution in [3.8, 4) is 5.75 Å². The summed E-state index contributed by atoms with van der Waals surface area (Å²) in [5.41, 5.74) is 6.66. The number of benzene rings is 1. The molecule has 132 valence electrons. The minimum atomic E-state index is -3.72. The predicted octanol–water partition coefficient (Wildman–Crippen LogP) is 2.00. The van der Waals surface area contributed by atoms with Crippen molar-refractivity contribution >= 4 is 28.1 Å². The van der Waals surface area contributed by atoms with Crippen molar-refractivity contribution in [1.29, 1.82) is 0 Å². The number of anilines is 1. The Hall–Kier alpha value is -1.77. The van der Waals surface area contributed by atoms with E-state index in [9.17, 15) is 8.42 Å². The van der Waals surface area contributed by atoms with Crippen LogP contribution in [0.1, 0.15) is 31.9 Å². The van der Waals surface area contributed by atoms with E-state index in [0.29, 0.717) is 17.9 Å².